The van der Waals surface area contributed by atoms with Gasteiger partial charge >= 0.3 is 0 Å². The number of nitrogens with zero attached hydrogens (tertiary/aromatic N) is 2. The second-order valence-corrected chi connectivity index (χ2v) is 4.83. The predicted molar refractivity (Wildman–Crippen MR) is 94.4 cm³/mol. The topological polar surface area (TPSA) is 151 Å². The molecule has 1 aromatic heterocycles. The van der Waals surface area contributed by atoms with Crippen LogP contribution in [0.1, 0.15) is 10.4 Å². The Labute approximate surface area is 144 Å². The summed E-state index contributed by atoms with van der Waals surface area (Å²) in [4.78, 5) is 15.8. The van der Waals surface area contributed by atoms with Crippen LogP contribution in [-0.2, 0) is 0 Å². The van der Waals surface area contributed by atoms with Crippen molar-refractivity contribution in [1.29, 1.82) is 5.41 Å². The maximum Gasteiger partial charge on any atom is 0.251 e. The van der Waals surface area contributed by atoms with E-state index in [0.717, 1.165) is 0 Å². The Morgan fingerprint density at radius 1 is 1.24 bits per heavy atom. The molecule has 0 aliphatic heterocycles. The molecule has 0 unspecified atom stereocenters. The zero-order valence-corrected chi connectivity index (χ0v) is 13.4. The first-order valence-electron chi connectivity index (χ1n) is 7.43. The summed E-state index contributed by atoms with van der Waals surface area (Å²) in [7, 11) is 0. The molecule has 0 aliphatic rings. The van der Waals surface area contributed by atoms with Gasteiger partial charge in [0.1, 0.15) is 0 Å². The summed E-state index contributed by atoms with van der Waals surface area (Å²) in [5.74, 6) is -0.0614. The van der Waals surface area contributed by atoms with E-state index in [1.165, 1.54) is 5.01 Å². The van der Waals surface area contributed by atoms with E-state index >= 15 is 0 Å². The lowest BCUT2D eigenvalue weighted by molar-refractivity contribution is 0.0945. The number of aliphatic hydroxyl groups excluding tert-OH is 1. The van der Waals surface area contributed by atoms with Crippen molar-refractivity contribution in [3.8, 4) is 0 Å². The molecular formula is C15H20N8O2. The SMILES string of the molecule is N=C(N)N(NNNc1ccc(C(=O)NCCO)cc1)c1ccccn1. The zero-order valence-electron chi connectivity index (χ0n) is 13.4. The Bertz CT molecular complexity index is 692. The number of rotatable bonds is 8. The molecule has 132 valence electrons. The van der Waals surface area contributed by atoms with Crippen molar-refractivity contribution in [2.75, 3.05) is 23.6 Å². The molecule has 0 saturated carbocycles. The Balaban J connectivity index is 1.88. The van der Waals surface area contributed by atoms with Crippen LogP contribution in [-0.4, -0.2) is 35.1 Å². The smallest absolute Gasteiger partial charge is 0.251 e. The third-order valence-electron chi connectivity index (χ3n) is 3.04. The van der Waals surface area contributed by atoms with Gasteiger partial charge in [-0.2, -0.15) is 5.53 Å². The molecule has 10 nitrogen and oxygen atoms in total. The molecule has 1 heterocycles. The number of anilines is 2. The van der Waals surface area contributed by atoms with Gasteiger partial charge in [0.05, 0.1) is 12.3 Å². The molecule has 1 amide bonds. The lowest BCUT2D eigenvalue weighted by Crippen LogP contribution is -2.55. The number of carbonyl (C=O) groups is 1. The molecule has 2 rings (SSSR count). The van der Waals surface area contributed by atoms with Gasteiger partial charge in [-0.1, -0.05) is 6.07 Å². The minimum absolute atomic E-state index is 0.107. The number of nitrogens with two attached hydrogens (primary N) is 1. The quantitative estimate of drug-likeness (QED) is 0.193. The third kappa shape index (κ3) is 5.42. The van der Waals surface area contributed by atoms with E-state index < -0.39 is 0 Å². The largest absolute Gasteiger partial charge is 0.395 e. The highest BCUT2D eigenvalue weighted by molar-refractivity contribution is 5.94. The number of carbonyl (C=O) groups excluding carboxylic acids is 1. The number of hydrogen-bond donors (Lipinski definition) is 7. The van der Waals surface area contributed by atoms with Crippen LogP contribution in [0.25, 0.3) is 0 Å². The molecule has 0 atom stereocenters. The normalized spacial score (nSPS) is 10.1. The highest BCUT2D eigenvalue weighted by Crippen LogP contribution is 2.08. The fourth-order valence-electron chi connectivity index (χ4n) is 1.86. The second-order valence-electron chi connectivity index (χ2n) is 4.83. The van der Waals surface area contributed by atoms with Gasteiger partial charge in [0.2, 0.25) is 5.96 Å². The summed E-state index contributed by atoms with van der Waals surface area (Å²) in [6.07, 6.45) is 1.58. The van der Waals surface area contributed by atoms with Crippen LogP contribution in [0.15, 0.2) is 48.7 Å². The van der Waals surface area contributed by atoms with E-state index in [9.17, 15) is 4.79 Å². The zero-order chi connectivity index (χ0) is 18.1. The first kappa shape index (κ1) is 18.1. The van der Waals surface area contributed by atoms with Gasteiger partial charge in [0.25, 0.3) is 5.91 Å². The van der Waals surface area contributed by atoms with Gasteiger partial charge < -0.3 is 21.6 Å². The number of amides is 1. The van der Waals surface area contributed by atoms with Crippen LogP contribution in [0.4, 0.5) is 11.5 Å². The number of benzene rings is 1. The molecule has 0 bridgehead atoms. The van der Waals surface area contributed by atoms with Gasteiger partial charge in [0, 0.05) is 18.3 Å². The molecule has 0 aliphatic carbocycles. The molecule has 0 radical (unpaired) electrons. The standard InChI is InChI=1S/C15H20N8O2/c16-15(17)23(13-3-1-2-8-18-13)22-21-20-12-6-4-11(5-7-12)14(25)19-9-10-24/h1-8,20-22,24H,9-10H2,(H3,16,17)(H,19,25). The summed E-state index contributed by atoms with van der Waals surface area (Å²) in [6.45, 7) is 0.0998. The number of nitrogens with one attached hydrogen (secondary N) is 5. The van der Waals surface area contributed by atoms with Crippen molar-refractivity contribution in [3.05, 3.63) is 54.2 Å². The summed E-state index contributed by atoms with van der Waals surface area (Å²) >= 11 is 0. The third-order valence-corrected chi connectivity index (χ3v) is 3.04. The molecule has 25 heavy (non-hydrogen) atoms. The van der Waals surface area contributed by atoms with Crippen LogP contribution >= 0.6 is 0 Å². The average Bonchev–Trinajstić information content (AvgIpc) is 2.64. The first-order valence-corrected chi connectivity index (χ1v) is 7.43. The minimum Gasteiger partial charge on any atom is -0.395 e. The molecular weight excluding hydrogens is 324 g/mol. The van der Waals surface area contributed by atoms with Gasteiger partial charge in [0.15, 0.2) is 5.82 Å². The lowest BCUT2D eigenvalue weighted by atomic mass is 10.2. The Morgan fingerprint density at radius 3 is 2.60 bits per heavy atom. The number of hydrogen-bond acceptors (Lipinski definition) is 7. The van der Waals surface area contributed by atoms with Crippen molar-refractivity contribution in [2.24, 2.45) is 5.73 Å². The predicted octanol–water partition coefficient (Wildman–Crippen LogP) is -0.460. The van der Waals surface area contributed by atoms with Crippen molar-refractivity contribution in [3.63, 3.8) is 0 Å². The van der Waals surface area contributed by atoms with Crippen LogP contribution in [0.2, 0.25) is 0 Å². The van der Waals surface area contributed by atoms with Gasteiger partial charge in [-0.25, -0.2) is 9.99 Å². The Hall–Kier alpha value is -3.21. The fraction of sp³-hybridized carbons (Fsp3) is 0.133. The van der Waals surface area contributed by atoms with E-state index in [4.69, 9.17) is 16.2 Å². The minimum atomic E-state index is -0.260. The molecule has 10 heteroatoms. The van der Waals surface area contributed by atoms with Gasteiger partial charge in [-0.3, -0.25) is 10.2 Å². The number of aliphatic hydroxyl groups is 1. The summed E-state index contributed by atoms with van der Waals surface area (Å²) in [5, 5.41) is 20.1. The fourth-order valence-corrected chi connectivity index (χ4v) is 1.86. The lowest BCUT2D eigenvalue weighted by Gasteiger charge is -2.22. The Kier molecular flexibility index (Phi) is 6.65. The van der Waals surface area contributed by atoms with E-state index in [0.29, 0.717) is 17.1 Å². The van der Waals surface area contributed by atoms with Crippen LogP contribution in [0.5, 0.6) is 0 Å². The van der Waals surface area contributed by atoms with E-state index in [1.54, 1.807) is 48.7 Å². The van der Waals surface area contributed by atoms with Crippen molar-refractivity contribution in [1.82, 2.24) is 21.4 Å². The highest BCUT2D eigenvalue weighted by Gasteiger charge is 2.09. The first-order chi connectivity index (χ1) is 12.1. The number of hydrazine groups is 3. The van der Waals surface area contributed by atoms with Gasteiger partial charge in [-0.05, 0) is 36.4 Å². The maximum atomic E-state index is 11.7. The number of guanidine groups is 1. The summed E-state index contributed by atoms with van der Waals surface area (Å²) < 4.78 is 0. The van der Waals surface area contributed by atoms with E-state index in [1.807, 2.05) is 0 Å². The van der Waals surface area contributed by atoms with E-state index in [-0.39, 0.29) is 25.0 Å². The van der Waals surface area contributed by atoms with Crippen molar-refractivity contribution < 1.29 is 9.90 Å². The van der Waals surface area contributed by atoms with Crippen molar-refractivity contribution in [2.45, 2.75) is 0 Å². The van der Waals surface area contributed by atoms with Gasteiger partial charge in [-0.15, -0.1) is 5.53 Å². The van der Waals surface area contributed by atoms with E-state index in [2.05, 4.69) is 26.8 Å². The van der Waals surface area contributed by atoms with Crippen LogP contribution in [0.3, 0.4) is 0 Å². The van der Waals surface area contributed by atoms with Crippen LogP contribution < -0.4 is 32.6 Å². The summed E-state index contributed by atoms with van der Waals surface area (Å²) in [5.41, 5.74) is 14.9. The van der Waals surface area contributed by atoms with Crippen LogP contribution in [0, 0.1) is 5.41 Å². The molecule has 2 aromatic rings. The molecule has 0 spiro atoms. The number of aromatic nitrogens is 1. The molecule has 1 aromatic carbocycles. The monoisotopic (exact) mass is 344 g/mol. The molecule has 0 fully saturated rings. The molecule has 0 saturated heterocycles. The second kappa shape index (κ2) is 9.17. The number of pyridine rings is 1. The van der Waals surface area contributed by atoms with Crippen molar-refractivity contribution >= 4 is 23.4 Å². The summed E-state index contributed by atoms with van der Waals surface area (Å²) in [6, 6.07) is 11.9. The highest BCUT2D eigenvalue weighted by atomic mass is 16.3. The molecule has 8 N–H and O–H groups in total. The Morgan fingerprint density at radius 2 is 2.00 bits per heavy atom. The maximum absolute atomic E-state index is 11.7. The average molecular weight is 344 g/mol.